The Morgan fingerprint density at radius 3 is 2.81 bits per heavy atom. The molecule has 0 bridgehead atoms. The molecule has 1 N–H and O–H groups in total. The zero-order valence-electron chi connectivity index (χ0n) is 9.17. The number of carbonyl (C=O) groups is 1. The highest BCUT2D eigenvalue weighted by Crippen LogP contribution is 2.25. The Kier molecular flexibility index (Phi) is 4.55. The molecule has 88 valence electrons. The van der Waals surface area contributed by atoms with E-state index in [1.54, 1.807) is 11.3 Å². The summed E-state index contributed by atoms with van der Waals surface area (Å²) in [5.41, 5.74) is 0.860. The number of ketones is 1. The molecular formula is C12H16BrNOS. The molecule has 2 nitrogen and oxygen atoms in total. The number of halogens is 1. The van der Waals surface area contributed by atoms with Crippen LogP contribution in [0.4, 0.5) is 0 Å². The fraction of sp³-hybridized carbons (Fsp3) is 0.583. The molecule has 0 spiro atoms. The maximum atomic E-state index is 11.9. The first kappa shape index (κ1) is 12.3. The Labute approximate surface area is 109 Å². The standard InChI is InChI=1S/C12H16BrNOS/c13-11-8-16-7-10(11)12(15)2-1-9-3-5-14-6-4-9/h7-9,14H,1-6H2. The summed E-state index contributed by atoms with van der Waals surface area (Å²) in [5.74, 6) is 1.02. The highest BCUT2D eigenvalue weighted by Gasteiger charge is 2.16. The number of thiophene rings is 1. The highest BCUT2D eigenvalue weighted by atomic mass is 79.9. The molecule has 0 amide bonds. The second kappa shape index (κ2) is 5.94. The van der Waals surface area contributed by atoms with Crippen molar-refractivity contribution in [2.75, 3.05) is 13.1 Å². The minimum absolute atomic E-state index is 0.284. The van der Waals surface area contributed by atoms with Crippen LogP contribution in [0.1, 0.15) is 36.0 Å². The lowest BCUT2D eigenvalue weighted by Crippen LogP contribution is -2.27. The monoisotopic (exact) mass is 301 g/mol. The summed E-state index contributed by atoms with van der Waals surface area (Å²) in [6.07, 6.45) is 4.18. The van der Waals surface area contributed by atoms with Gasteiger partial charge in [0.15, 0.2) is 5.78 Å². The number of hydrogen-bond donors (Lipinski definition) is 1. The van der Waals surface area contributed by atoms with Crippen LogP contribution in [0.5, 0.6) is 0 Å². The van der Waals surface area contributed by atoms with Crippen molar-refractivity contribution in [1.29, 1.82) is 0 Å². The molecule has 0 aromatic carbocycles. The number of Topliss-reactive ketones (excluding diaryl/α,β-unsaturated/α-hetero) is 1. The first-order valence-electron chi connectivity index (χ1n) is 5.73. The summed E-state index contributed by atoms with van der Waals surface area (Å²) < 4.78 is 0.952. The average molecular weight is 302 g/mol. The zero-order chi connectivity index (χ0) is 11.4. The van der Waals surface area contributed by atoms with Gasteiger partial charge in [0.05, 0.1) is 0 Å². The summed E-state index contributed by atoms with van der Waals surface area (Å²) in [7, 11) is 0. The van der Waals surface area contributed by atoms with E-state index in [1.807, 2.05) is 10.8 Å². The smallest absolute Gasteiger partial charge is 0.164 e. The number of hydrogen-bond acceptors (Lipinski definition) is 3. The Morgan fingerprint density at radius 2 is 2.19 bits per heavy atom. The van der Waals surface area contributed by atoms with Crippen molar-refractivity contribution in [2.24, 2.45) is 5.92 Å². The van der Waals surface area contributed by atoms with Crippen LogP contribution in [0, 0.1) is 5.92 Å². The van der Waals surface area contributed by atoms with E-state index in [1.165, 1.54) is 12.8 Å². The van der Waals surface area contributed by atoms with Gasteiger partial charge in [0.1, 0.15) is 0 Å². The summed E-state index contributed by atoms with van der Waals surface area (Å²) in [5, 5.41) is 7.26. The molecule has 2 rings (SSSR count). The lowest BCUT2D eigenvalue weighted by atomic mass is 9.91. The van der Waals surface area contributed by atoms with Gasteiger partial charge < -0.3 is 5.32 Å². The van der Waals surface area contributed by atoms with Gasteiger partial charge in [-0.05, 0) is 54.2 Å². The van der Waals surface area contributed by atoms with Crippen LogP contribution in [0.25, 0.3) is 0 Å². The summed E-state index contributed by atoms with van der Waals surface area (Å²) in [4.78, 5) is 11.9. The van der Waals surface area contributed by atoms with E-state index in [0.717, 1.165) is 35.5 Å². The van der Waals surface area contributed by atoms with Gasteiger partial charge in [0.25, 0.3) is 0 Å². The van der Waals surface area contributed by atoms with Crippen molar-refractivity contribution in [2.45, 2.75) is 25.7 Å². The third-order valence-corrected chi connectivity index (χ3v) is 4.86. The van der Waals surface area contributed by atoms with Crippen LogP contribution < -0.4 is 5.32 Å². The molecule has 1 aliphatic rings. The molecule has 16 heavy (non-hydrogen) atoms. The van der Waals surface area contributed by atoms with Gasteiger partial charge in [0.2, 0.25) is 0 Å². The number of piperidine rings is 1. The molecule has 1 aromatic rings. The normalized spacial score (nSPS) is 17.6. The molecule has 2 heterocycles. The van der Waals surface area contributed by atoms with Crippen molar-refractivity contribution in [3.8, 4) is 0 Å². The van der Waals surface area contributed by atoms with E-state index in [-0.39, 0.29) is 5.78 Å². The minimum Gasteiger partial charge on any atom is -0.317 e. The SMILES string of the molecule is O=C(CCC1CCNCC1)c1cscc1Br. The van der Waals surface area contributed by atoms with Gasteiger partial charge in [-0.1, -0.05) is 0 Å². The average Bonchev–Trinajstić information content (AvgIpc) is 2.74. The highest BCUT2D eigenvalue weighted by molar-refractivity contribution is 9.10. The molecular weight excluding hydrogens is 286 g/mol. The second-order valence-corrected chi connectivity index (χ2v) is 5.89. The first-order chi connectivity index (χ1) is 7.77. The first-order valence-corrected chi connectivity index (χ1v) is 7.46. The van der Waals surface area contributed by atoms with Gasteiger partial charge in [0, 0.05) is 27.2 Å². The van der Waals surface area contributed by atoms with Crippen molar-refractivity contribution >= 4 is 33.0 Å². The molecule has 0 unspecified atom stereocenters. The van der Waals surface area contributed by atoms with Crippen LogP contribution in [0.15, 0.2) is 15.2 Å². The fourth-order valence-corrected chi connectivity index (χ4v) is 3.64. The Morgan fingerprint density at radius 1 is 1.44 bits per heavy atom. The zero-order valence-corrected chi connectivity index (χ0v) is 11.6. The number of rotatable bonds is 4. The van der Waals surface area contributed by atoms with Crippen molar-refractivity contribution < 1.29 is 4.79 Å². The van der Waals surface area contributed by atoms with Crippen molar-refractivity contribution in [3.63, 3.8) is 0 Å². The second-order valence-electron chi connectivity index (χ2n) is 4.29. The Bertz CT molecular complexity index is 358. The van der Waals surface area contributed by atoms with Crippen LogP contribution >= 0.6 is 27.3 Å². The fourth-order valence-electron chi connectivity index (χ4n) is 2.12. The molecule has 0 saturated carbocycles. The van der Waals surface area contributed by atoms with Crippen LogP contribution in [-0.2, 0) is 0 Å². The summed E-state index contributed by atoms with van der Waals surface area (Å²) in [6, 6.07) is 0. The van der Waals surface area contributed by atoms with E-state index in [2.05, 4.69) is 21.2 Å². The molecule has 0 radical (unpaired) electrons. The number of nitrogens with one attached hydrogen (secondary N) is 1. The molecule has 4 heteroatoms. The van der Waals surface area contributed by atoms with Crippen LogP contribution in [0.3, 0.4) is 0 Å². The molecule has 1 fully saturated rings. The van der Waals surface area contributed by atoms with Gasteiger partial charge in [-0.15, -0.1) is 0 Å². The molecule has 0 aliphatic carbocycles. The quantitative estimate of drug-likeness (QED) is 0.863. The van der Waals surface area contributed by atoms with Gasteiger partial charge in [-0.2, -0.15) is 11.3 Å². The lowest BCUT2D eigenvalue weighted by Gasteiger charge is -2.21. The van der Waals surface area contributed by atoms with Crippen LogP contribution in [0.2, 0.25) is 0 Å². The third-order valence-electron chi connectivity index (χ3n) is 3.15. The van der Waals surface area contributed by atoms with E-state index < -0.39 is 0 Å². The Balaban J connectivity index is 1.81. The van der Waals surface area contributed by atoms with E-state index in [9.17, 15) is 4.79 Å². The predicted molar refractivity (Wildman–Crippen MR) is 71.2 cm³/mol. The van der Waals surface area contributed by atoms with Gasteiger partial charge in [-0.25, -0.2) is 0 Å². The van der Waals surface area contributed by atoms with Crippen molar-refractivity contribution in [1.82, 2.24) is 5.32 Å². The van der Waals surface area contributed by atoms with Gasteiger partial charge in [-0.3, -0.25) is 4.79 Å². The summed E-state index contributed by atoms with van der Waals surface area (Å²) in [6.45, 7) is 2.22. The third kappa shape index (κ3) is 3.15. The molecule has 1 aromatic heterocycles. The lowest BCUT2D eigenvalue weighted by molar-refractivity contribution is 0.0970. The van der Waals surface area contributed by atoms with E-state index >= 15 is 0 Å². The van der Waals surface area contributed by atoms with Crippen LogP contribution in [-0.4, -0.2) is 18.9 Å². The molecule has 1 aliphatic heterocycles. The maximum absolute atomic E-state index is 11.9. The minimum atomic E-state index is 0.284. The number of carbonyl (C=O) groups excluding carboxylic acids is 1. The topological polar surface area (TPSA) is 29.1 Å². The van der Waals surface area contributed by atoms with Crippen molar-refractivity contribution in [3.05, 3.63) is 20.8 Å². The molecule has 1 saturated heterocycles. The maximum Gasteiger partial charge on any atom is 0.164 e. The molecule has 0 atom stereocenters. The Hall–Kier alpha value is -0.190. The van der Waals surface area contributed by atoms with E-state index in [0.29, 0.717) is 6.42 Å². The summed E-state index contributed by atoms with van der Waals surface area (Å²) >= 11 is 4.99. The predicted octanol–water partition coefficient (Wildman–Crippen LogP) is 3.47. The van der Waals surface area contributed by atoms with Gasteiger partial charge >= 0.3 is 0 Å². The largest absolute Gasteiger partial charge is 0.317 e. The van der Waals surface area contributed by atoms with E-state index in [4.69, 9.17) is 0 Å².